The lowest BCUT2D eigenvalue weighted by Gasteiger charge is -2.34. The van der Waals surface area contributed by atoms with Crippen molar-refractivity contribution in [2.75, 3.05) is 7.11 Å². The fraction of sp³-hybridized carbons (Fsp3) is 0.333. The molecule has 5 heteroatoms. The molecule has 0 saturated carbocycles. The number of methoxy groups -OCH3 is 1. The molecule has 0 aromatic heterocycles. The Labute approximate surface area is 171 Å². The maximum atomic E-state index is 13.2. The van der Waals surface area contributed by atoms with Gasteiger partial charge in [0.1, 0.15) is 5.75 Å². The molecule has 152 valence electrons. The topological polar surface area (TPSA) is 78.5 Å². The number of rotatable bonds is 6. The maximum Gasteiger partial charge on any atom is 0.224 e. The average molecular weight is 392 g/mol. The van der Waals surface area contributed by atoms with Crippen LogP contribution < -0.4 is 15.2 Å². The van der Waals surface area contributed by atoms with Crippen LogP contribution in [0.3, 0.4) is 0 Å². The number of nitrogens with one attached hydrogen (secondary N) is 1. The largest absolute Gasteiger partial charge is 0.550 e. The van der Waals surface area contributed by atoms with E-state index in [0.717, 1.165) is 28.0 Å². The van der Waals surface area contributed by atoms with E-state index in [1.54, 1.807) is 7.11 Å². The first-order valence-electron chi connectivity index (χ1n) is 9.76. The van der Waals surface area contributed by atoms with Crippen LogP contribution in [0.2, 0.25) is 0 Å². The quantitative estimate of drug-likeness (QED) is 0.767. The highest BCUT2D eigenvalue weighted by atomic mass is 16.5. The summed E-state index contributed by atoms with van der Waals surface area (Å²) in [5.41, 5.74) is 3.92. The van der Waals surface area contributed by atoms with E-state index in [2.05, 4.69) is 5.32 Å². The number of ether oxygens (including phenoxy) is 1. The van der Waals surface area contributed by atoms with Gasteiger partial charge in [-0.1, -0.05) is 53.6 Å². The van der Waals surface area contributed by atoms with E-state index >= 15 is 0 Å². The van der Waals surface area contributed by atoms with Crippen molar-refractivity contribution in [3.8, 4) is 5.75 Å². The maximum absolute atomic E-state index is 13.2. The molecule has 0 saturated heterocycles. The number of hydrogen-bond acceptors (Lipinski definition) is 4. The van der Waals surface area contributed by atoms with Crippen molar-refractivity contribution < 1.29 is 19.4 Å². The van der Waals surface area contributed by atoms with Crippen molar-refractivity contribution in [2.24, 2.45) is 11.8 Å². The summed E-state index contributed by atoms with van der Waals surface area (Å²) in [4.78, 5) is 24.9. The van der Waals surface area contributed by atoms with Crippen molar-refractivity contribution in [1.29, 1.82) is 0 Å². The van der Waals surface area contributed by atoms with Crippen LogP contribution in [-0.2, 0) is 9.59 Å². The average Bonchev–Trinajstić information content (AvgIpc) is 2.74. The molecule has 0 heterocycles. The summed E-state index contributed by atoms with van der Waals surface area (Å²) in [6, 6.07) is 16.8. The van der Waals surface area contributed by atoms with E-state index in [-0.39, 0.29) is 11.9 Å². The van der Waals surface area contributed by atoms with Gasteiger partial charge >= 0.3 is 0 Å². The number of carboxylic acid groups (broad SMARTS) is 1. The number of hydrogen-bond donors (Lipinski definition) is 1. The van der Waals surface area contributed by atoms with E-state index < -0.39 is 17.8 Å². The summed E-state index contributed by atoms with van der Waals surface area (Å²) in [5, 5.41) is 14.8. The minimum absolute atomic E-state index is 0.268. The lowest BCUT2D eigenvalue weighted by Crippen LogP contribution is -2.45. The summed E-state index contributed by atoms with van der Waals surface area (Å²) < 4.78 is 5.23. The highest BCUT2D eigenvalue weighted by molar-refractivity contribution is 5.85. The van der Waals surface area contributed by atoms with Gasteiger partial charge in [-0.25, -0.2) is 0 Å². The standard InChI is InChI=1S/C24H27NO4/c1-15-13-20(21(24(27)28)14-16(15)2)23(26)25-22(17-7-5-4-6-8-17)18-9-11-19(29-3)12-10-18/h4-12,20-22H,13-14H2,1-3H3,(H,25,26)(H,27,28)/p-1/t20-,21+,22-/m0/s1. The molecule has 1 N–H and O–H groups in total. The molecule has 2 aromatic carbocycles. The van der Waals surface area contributed by atoms with E-state index in [1.807, 2.05) is 68.4 Å². The number of aliphatic carboxylic acids is 1. The fourth-order valence-electron chi connectivity index (χ4n) is 3.87. The molecule has 0 fully saturated rings. The highest BCUT2D eigenvalue weighted by Crippen LogP contribution is 2.35. The Morgan fingerprint density at radius 3 is 2.03 bits per heavy atom. The number of carbonyl (C=O) groups is 2. The van der Waals surface area contributed by atoms with Gasteiger partial charge in [0, 0.05) is 17.8 Å². The fourth-order valence-corrected chi connectivity index (χ4v) is 3.87. The first kappa shape index (κ1) is 20.6. The number of amides is 1. The van der Waals surface area contributed by atoms with Gasteiger partial charge in [-0.05, 0) is 49.9 Å². The molecule has 1 aliphatic carbocycles. The Balaban J connectivity index is 1.90. The van der Waals surface area contributed by atoms with E-state index in [1.165, 1.54) is 0 Å². The first-order chi connectivity index (χ1) is 13.9. The molecule has 3 atom stereocenters. The Morgan fingerprint density at radius 2 is 1.48 bits per heavy atom. The first-order valence-corrected chi connectivity index (χ1v) is 9.76. The molecule has 0 bridgehead atoms. The molecule has 3 rings (SSSR count). The minimum Gasteiger partial charge on any atom is -0.550 e. The third-order valence-corrected chi connectivity index (χ3v) is 5.77. The number of carboxylic acids is 1. The van der Waals surface area contributed by atoms with Crippen molar-refractivity contribution >= 4 is 11.9 Å². The van der Waals surface area contributed by atoms with Crippen LogP contribution in [0, 0.1) is 11.8 Å². The van der Waals surface area contributed by atoms with Crippen molar-refractivity contribution in [1.82, 2.24) is 5.32 Å². The number of benzene rings is 2. The SMILES string of the molecule is COc1ccc([C@@H](NC(=O)[C@H]2CC(C)=C(C)C[C@H]2C(=O)[O-])c2ccccc2)cc1. The molecule has 0 radical (unpaired) electrons. The van der Waals surface area contributed by atoms with Gasteiger partial charge in [0.15, 0.2) is 0 Å². The van der Waals surface area contributed by atoms with Gasteiger partial charge in [-0.15, -0.1) is 0 Å². The van der Waals surface area contributed by atoms with Crippen molar-refractivity contribution in [2.45, 2.75) is 32.7 Å². The van der Waals surface area contributed by atoms with Gasteiger partial charge in [0.05, 0.1) is 13.2 Å². The Kier molecular flexibility index (Phi) is 6.37. The summed E-state index contributed by atoms with van der Waals surface area (Å²) in [7, 11) is 1.60. The summed E-state index contributed by atoms with van der Waals surface area (Å²) >= 11 is 0. The molecule has 2 aromatic rings. The second-order valence-electron chi connectivity index (χ2n) is 7.63. The van der Waals surface area contributed by atoms with Crippen LogP contribution in [-0.4, -0.2) is 19.0 Å². The molecule has 29 heavy (non-hydrogen) atoms. The van der Waals surface area contributed by atoms with Crippen LogP contribution in [0.5, 0.6) is 5.75 Å². The lowest BCUT2D eigenvalue weighted by atomic mass is 9.76. The van der Waals surface area contributed by atoms with Gasteiger partial charge < -0.3 is 20.0 Å². The van der Waals surface area contributed by atoms with Crippen molar-refractivity contribution in [3.05, 3.63) is 76.9 Å². The van der Waals surface area contributed by atoms with Crippen molar-refractivity contribution in [3.63, 3.8) is 0 Å². The second kappa shape index (κ2) is 8.95. The Bertz CT molecular complexity index is 902. The molecule has 0 aliphatic heterocycles. The third-order valence-electron chi connectivity index (χ3n) is 5.77. The normalized spacial score (nSPS) is 20.1. The zero-order valence-electron chi connectivity index (χ0n) is 17.0. The highest BCUT2D eigenvalue weighted by Gasteiger charge is 2.34. The molecular weight excluding hydrogens is 366 g/mol. The van der Waals surface area contributed by atoms with Crippen LogP contribution in [0.15, 0.2) is 65.7 Å². The number of allylic oxidation sites excluding steroid dienone is 2. The molecule has 5 nitrogen and oxygen atoms in total. The van der Waals surface area contributed by atoms with Gasteiger partial charge in [0.25, 0.3) is 0 Å². The smallest absolute Gasteiger partial charge is 0.224 e. The summed E-state index contributed by atoms with van der Waals surface area (Å²) in [6.45, 7) is 3.88. The zero-order chi connectivity index (χ0) is 21.0. The van der Waals surface area contributed by atoms with E-state index in [4.69, 9.17) is 4.74 Å². The van der Waals surface area contributed by atoms with Crippen LogP contribution in [0.1, 0.15) is 43.9 Å². The number of carbonyl (C=O) groups excluding carboxylic acids is 2. The molecule has 0 spiro atoms. The minimum atomic E-state index is -1.17. The third kappa shape index (κ3) is 4.67. The lowest BCUT2D eigenvalue weighted by molar-refractivity contribution is -0.313. The second-order valence-corrected chi connectivity index (χ2v) is 7.63. The van der Waals surface area contributed by atoms with Crippen LogP contribution in [0.4, 0.5) is 0 Å². The van der Waals surface area contributed by atoms with Gasteiger partial charge in [0.2, 0.25) is 5.91 Å². The predicted octanol–water partition coefficient (Wildman–Crippen LogP) is 3.01. The predicted molar refractivity (Wildman–Crippen MR) is 109 cm³/mol. The zero-order valence-corrected chi connectivity index (χ0v) is 17.0. The summed E-state index contributed by atoms with van der Waals surface area (Å²) in [6.07, 6.45) is 0.783. The monoisotopic (exact) mass is 392 g/mol. The molecular formula is C24H26NO4-. The van der Waals surface area contributed by atoms with Gasteiger partial charge in [-0.2, -0.15) is 0 Å². The van der Waals surface area contributed by atoms with Gasteiger partial charge in [-0.3, -0.25) is 4.79 Å². The van der Waals surface area contributed by atoms with E-state index in [0.29, 0.717) is 12.8 Å². The molecule has 0 unspecified atom stereocenters. The Hall–Kier alpha value is -3.08. The van der Waals surface area contributed by atoms with Crippen LogP contribution >= 0.6 is 0 Å². The summed E-state index contributed by atoms with van der Waals surface area (Å²) in [5.74, 6) is -2.17. The Morgan fingerprint density at radius 1 is 0.931 bits per heavy atom. The van der Waals surface area contributed by atoms with Crippen LogP contribution in [0.25, 0.3) is 0 Å². The molecule has 1 aliphatic rings. The van der Waals surface area contributed by atoms with E-state index in [9.17, 15) is 14.7 Å². The molecule has 1 amide bonds.